The molecule has 0 saturated carbocycles. The molecule has 4 nitrogen and oxygen atoms in total. The van der Waals surface area contributed by atoms with Gasteiger partial charge in [0.05, 0.1) is 30.1 Å². The largest absolute Gasteiger partial charge is 0.491 e. The molecule has 1 aromatic heterocycles. The van der Waals surface area contributed by atoms with E-state index in [9.17, 15) is 5.11 Å². The summed E-state index contributed by atoms with van der Waals surface area (Å²) in [6, 6.07) is 5.93. The molecule has 2 heterocycles. The van der Waals surface area contributed by atoms with Gasteiger partial charge in [0.1, 0.15) is 18.2 Å². The fourth-order valence-corrected chi connectivity index (χ4v) is 2.85. The van der Waals surface area contributed by atoms with Crippen LogP contribution in [-0.2, 0) is 19.6 Å². The van der Waals surface area contributed by atoms with Crippen molar-refractivity contribution in [1.82, 2.24) is 9.55 Å². The molecule has 0 atom stereocenters. The lowest BCUT2D eigenvalue weighted by atomic mass is 10.2. The zero-order valence-corrected chi connectivity index (χ0v) is 12.3. The monoisotopic (exact) mass is 322 g/mol. The summed E-state index contributed by atoms with van der Waals surface area (Å²) >= 11 is 3.49. The van der Waals surface area contributed by atoms with E-state index < -0.39 is 0 Å². The Kier molecular flexibility index (Phi) is 3.33. The van der Waals surface area contributed by atoms with Crippen molar-refractivity contribution in [2.45, 2.75) is 26.5 Å². The molecule has 2 aromatic rings. The van der Waals surface area contributed by atoms with Crippen molar-refractivity contribution >= 4 is 15.9 Å². The highest BCUT2D eigenvalue weighted by molar-refractivity contribution is 9.10. The number of aliphatic hydroxyl groups excluding tert-OH is 1. The summed E-state index contributed by atoms with van der Waals surface area (Å²) < 4.78 is 8.82. The van der Waals surface area contributed by atoms with E-state index in [4.69, 9.17) is 4.74 Å². The maximum atomic E-state index is 9.58. The van der Waals surface area contributed by atoms with Crippen molar-refractivity contribution in [2.24, 2.45) is 0 Å². The molecule has 0 fully saturated rings. The fraction of sp³-hybridized carbons (Fsp3) is 0.357. The highest BCUT2D eigenvalue weighted by Crippen LogP contribution is 2.35. The molecule has 0 radical (unpaired) electrons. The Bertz CT molecular complexity index is 622. The Labute approximate surface area is 120 Å². The van der Waals surface area contributed by atoms with Gasteiger partial charge in [0.25, 0.3) is 0 Å². The molecule has 1 N–H and O–H groups in total. The van der Waals surface area contributed by atoms with E-state index in [1.165, 1.54) is 0 Å². The number of halogens is 1. The smallest absolute Gasteiger partial charge is 0.144 e. The fourth-order valence-electron chi connectivity index (χ4n) is 2.49. The van der Waals surface area contributed by atoms with E-state index in [2.05, 4.69) is 32.4 Å². The molecular weight excluding hydrogens is 308 g/mol. The highest BCUT2D eigenvalue weighted by atomic mass is 79.9. The first kappa shape index (κ1) is 12.7. The molecule has 0 unspecified atom stereocenters. The van der Waals surface area contributed by atoms with Crippen LogP contribution in [0.4, 0.5) is 0 Å². The van der Waals surface area contributed by atoms with Crippen LogP contribution < -0.4 is 4.74 Å². The Morgan fingerprint density at radius 1 is 1.47 bits per heavy atom. The van der Waals surface area contributed by atoms with Crippen molar-refractivity contribution in [1.29, 1.82) is 0 Å². The molecule has 0 bridgehead atoms. The maximum Gasteiger partial charge on any atom is 0.144 e. The van der Waals surface area contributed by atoms with Gasteiger partial charge < -0.3 is 14.4 Å². The molecule has 19 heavy (non-hydrogen) atoms. The summed E-state index contributed by atoms with van der Waals surface area (Å²) in [6.45, 7) is 3.37. The van der Waals surface area contributed by atoms with Gasteiger partial charge in [-0.2, -0.15) is 0 Å². The number of aromatic nitrogens is 2. The van der Waals surface area contributed by atoms with E-state index in [-0.39, 0.29) is 6.61 Å². The Hall–Kier alpha value is -1.33. The zero-order chi connectivity index (χ0) is 13.4. The lowest BCUT2D eigenvalue weighted by Gasteiger charge is -2.06. The van der Waals surface area contributed by atoms with E-state index in [1.807, 2.05) is 18.2 Å². The summed E-state index contributed by atoms with van der Waals surface area (Å²) in [4.78, 5) is 4.68. The standard InChI is InChI=1S/C14H15BrN2O2/c1-2-11-12(8-18)17-5-6-19-13-4-3-9(15)7-10(13)14(17)16-11/h3-4,7,18H,2,5-6,8H2,1H3. The average Bonchev–Trinajstić information content (AvgIpc) is 2.69. The molecule has 1 aromatic carbocycles. The van der Waals surface area contributed by atoms with Gasteiger partial charge in [0.15, 0.2) is 0 Å². The molecular formula is C14H15BrN2O2. The second kappa shape index (κ2) is 4.98. The second-order valence-corrected chi connectivity index (χ2v) is 5.40. The van der Waals surface area contributed by atoms with Crippen LogP contribution in [0.5, 0.6) is 5.75 Å². The van der Waals surface area contributed by atoms with Gasteiger partial charge in [0.2, 0.25) is 0 Å². The first-order chi connectivity index (χ1) is 9.24. The minimum absolute atomic E-state index is 0.0134. The molecule has 3 rings (SSSR count). The van der Waals surface area contributed by atoms with Crippen LogP contribution in [0.2, 0.25) is 0 Å². The molecule has 0 saturated heterocycles. The predicted molar refractivity (Wildman–Crippen MR) is 76.2 cm³/mol. The van der Waals surface area contributed by atoms with Gasteiger partial charge in [-0.05, 0) is 24.6 Å². The number of nitrogens with zero attached hydrogens (tertiary/aromatic N) is 2. The summed E-state index contributed by atoms with van der Waals surface area (Å²) in [6.07, 6.45) is 0.820. The van der Waals surface area contributed by atoms with Crippen LogP contribution in [0, 0.1) is 0 Å². The van der Waals surface area contributed by atoms with Crippen LogP contribution >= 0.6 is 15.9 Å². The van der Waals surface area contributed by atoms with Crippen LogP contribution in [-0.4, -0.2) is 21.3 Å². The molecule has 1 aliphatic heterocycles. The van der Waals surface area contributed by atoms with E-state index in [0.717, 1.165) is 39.4 Å². The SMILES string of the molecule is CCc1nc2n(c1CO)CCOc1ccc(Br)cc1-2. The van der Waals surface area contributed by atoms with Crippen LogP contribution in [0.1, 0.15) is 18.3 Å². The lowest BCUT2D eigenvalue weighted by Crippen LogP contribution is -2.09. The maximum absolute atomic E-state index is 9.58. The first-order valence-corrected chi connectivity index (χ1v) is 7.15. The molecule has 0 amide bonds. The number of ether oxygens (including phenoxy) is 1. The highest BCUT2D eigenvalue weighted by Gasteiger charge is 2.22. The zero-order valence-electron chi connectivity index (χ0n) is 10.7. The predicted octanol–water partition coefficient (Wildman–Crippen LogP) is 2.76. The normalized spacial score (nSPS) is 13.4. The minimum Gasteiger partial charge on any atom is -0.491 e. The van der Waals surface area contributed by atoms with Crippen molar-refractivity contribution in [2.75, 3.05) is 6.61 Å². The third-order valence-electron chi connectivity index (χ3n) is 3.40. The quantitative estimate of drug-likeness (QED) is 0.924. The minimum atomic E-state index is 0.0134. The number of aliphatic hydroxyl groups is 1. The van der Waals surface area contributed by atoms with Crippen molar-refractivity contribution < 1.29 is 9.84 Å². The van der Waals surface area contributed by atoms with Crippen LogP contribution in [0.25, 0.3) is 11.4 Å². The van der Waals surface area contributed by atoms with Crippen molar-refractivity contribution in [3.8, 4) is 17.1 Å². The average molecular weight is 323 g/mol. The number of rotatable bonds is 2. The first-order valence-electron chi connectivity index (χ1n) is 6.36. The molecule has 0 aliphatic carbocycles. The Morgan fingerprint density at radius 2 is 2.32 bits per heavy atom. The number of aryl methyl sites for hydroxylation is 1. The van der Waals surface area contributed by atoms with Crippen molar-refractivity contribution in [3.63, 3.8) is 0 Å². The molecule has 100 valence electrons. The van der Waals surface area contributed by atoms with Crippen LogP contribution in [0.15, 0.2) is 22.7 Å². The lowest BCUT2D eigenvalue weighted by molar-refractivity contribution is 0.261. The van der Waals surface area contributed by atoms with Gasteiger partial charge in [-0.15, -0.1) is 0 Å². The second-order valence-electron chi connectivity index (χ2n) is 4.48. The number of fused-ring (bicyclic) bond motifs is 3. The van der Waals surface area contributed by atoms with Gasteiger partial charge in [-0.25, -0.2) is 4.98 Å². The van der Waals surface area contributed by atoms with E-state index >= 15 is 0 Å². The summed E-state index contributed by atoms with van der Waals surface area (Å²) in [7, 11) is 0. The molecule has 1 aliphatic rings. The number of imidazole rings is 1. The number of benzene rings is 1. The topological polar surface area (TPSA) is 47.3 Å². The Balaban J connectivity index is 2.25. The van der Waals surface area contributed by atoms with Gasteiger partial charge in [-0.1, -0.05) is 22.9 Å². The van der Waals surface area contributed by atoms with Gasteiger partial charge in [0, 0.05) is 4.47 Å². The number of hydrogen-bond acceptors (Lipinski definition) is 3. The number of hydrogen-bond donors (Lipinski definition) is 1. The summed E-state index contributed by atoms with van der Waals surface area (Å²) in [5, 5.41) is 9.58. The third kappa shape index (κ3) is 2.07. The van der Waals surface area contributed by atoms with Gasteiger partial charge >= 0.3 is 0 Å². The van der Waals surface area contributed by atoms with E-state index in [0.29, 0.717) is 13.2 Å². The summed E-state index contributed by atoms with van der Waals surface area (Å²) in [5.41, 5.74) is 2.83. The van der Waals surface area contributed by atoms with Gasteiger partial charge in [-0.3, -0.25) is 0 Å². The molecule has 5 heteroatoms. The van der Waals surface area contributed by atoms with E-state index in [1.54, 1.807) is 0 Å². The summed E-state index contributed by atoms with van der Waals surface area (Å²) in [5.74, 6) is 1.73. The molecule has 0 spiro atoms. The van der Waals surface area contributed by atoms with Crippen molar-refractivity contribution in [3.05, 3.63) is 34.1 Å². The van der Waals surface area contributed by atoms with Crippen LogP contribution in [0.3, 0.4) is 0 Å². The Morgan fingerprint density at radius 3 is 3.05 bits per heavy atom. The third-order valence-corrected chi connectivity index (χ3v) is 3.89.